The molecule has 1 rings (SSSR count). The van der Waals surface area contributed by atoms with Gasteiger partial charge in [0.05, 0.1) is 5.75 Å². The van der Waals surface area contributed by atoms with Crippen LogP contribution < -0.4 is 5.32 Å². The van der Waals surface area contributed by atoms with Crippen LogP contribution in [0.5, 0.6) is 0 Å². The summed E-state index contributed by atoms with van der Waals surface area (Å²) in [5, 5.41) is 3.25. The Morgan fingerprint density at radius 3 is 2.24 bits per heavy atom. The number of hydrogen-bond donors (Lipinski definition) is 1. The van der Waals surface area contributed by atoms with Crippen molar-refractivity contribution in [1.29, 1.82) is 0 Å². The van der Waals surface area contributed by atoms with Crippen molar-refractivity contribution in [2.24, 2.45) is 0 Å². The van der Waals surface area contributed by atoms with Crippen LogP contribution in [-0.4, -0.2) is 37.1 Å². The first-order chi connectivity index (χ1) is 9.83. The van der Waals surface area contributed by atoms with Gasteiger partial charge in [-0.1, -0.05) is 44.2 Å². The van der Waals surface area contributed by atoms with Gasteiger partial charge in [-0.3, -0.25) is 0 Å². The molecule has 0 saturated carbocycles. The molecule has 21 heavy (non-hydrogen) atoms. The third-order valence-corrected chi connectivity index (χ3v) is 5.32. The molecule has 0 saturated heterocycles. The van der Waals surface area contributed by atoms with Crippen LogP contribution in [0.1, 0.15) is 39.7 Å². The molecule has 0 unspecified atom stereocenters. The topological polar surface area (TPSA) is 49.4 Å². The van der Waals surface area contributed by atoms with E-state index in [1.54, 1.807) is 4.31 Å². The van der Waals surface area contributed by atoms with E-state index in [0.29, 0.717) is 19.0 Å². The summed E-state index contributed by atoms with van der Waals surface area (Å²) in [5.74, 6) is 0.192. The van der Waals surface area contributed by atoms with E-state index >= 15 is 0 Å². The van der Waals surface area contributed by atoms with Crippen molar-refractivity contribution < 1.29 is 8.42 Å². The zero-order valence-electron chi connectivity index (χ0n) is 13.5. The van der Waals surface area contributed by atoms with Gasteiger partial charge >= 0.3 is 0 Å². The summed E-state index contributed by atoms with van der Waals surface area (Å²) in [6, 6.07) is 10.1. The van der Waals surface area contributed by atoms with E-state index < -0.39 is 10.0 Å². The summed E-state index contributed by atoms with van der Waals surface area (Å²) in [6.07, 6.45) is 0.637. The van der Waals surface area contributed by atoms with Crippen molar-refractivity contribution >= 4 is 10.0 Å². The van der Waals surface area contributed by atoms with Crippen LogP contribution in [0, 0.1) is 0 Å². The molecule has 0 radical (unpaired) electrons. The zero-order valence-corrected chi connectivity index (χ0v) is 14.4. The number of hydrogen-bond acceptors (Lipinski definition) is 3. The summed E-state index contributed by atoms with van der Waals surface area (Å²) in [7, 11) is -3.22. The molecule has 0 spiro atoms. The molecule has 120 valence electrons. The van der Waals surface area contributed by atoms with Gasteiger partial charge < -0.3 is 5.32 Å². The van der Waals surface area contributed by atoms with E-state index in [1.165, 1.54) is 0 Å². The monoisotopic (exact) mass is 312 g/mol. The van der Waals surface area contributed by atoms with E-state index in [4.69, 9.17) is 0 Å². The lowest BCUT2D eigenvalue weighted by atomic mass is 10.2. The van der Waals surface area contributed by atoms with Crippen LogP contribution in [0.25, 0.3) is 0 Å². The zero-order chi connectivity index (χ0) is 15.9. The van der Waals surface area contributed by atoms with Crippen LogP contribution in [0.15, 0.2) is 30.3 Å². The lowest BCUT2D eigenvalue weighted by Gasteiger charge is -2.26. The molecule has 1 aromatic carbocycles. The second kappa shape index (κ2) is 8.51. The number of benzene rings is 1. The van der Waals surface area contributed by atoms with Gasteiger partial charge in [-0.05, 0) is 32.4 Å². The molecule has 0 heterocycles. The van der Waals surface area contributed by atoms with Crippen molar-refractivity contribution in [2.45, 2.75) is 52.7 Å². The Balaban J connectivity index is 2.66. The predicted octanol–water partition coefficient (Wildman–Crippen LogP) is 2.61. The van der Waals surface area contributed by atoms with E-state index in [-0.39, 0.29) is 11.8 Å². The first-order valence-corrected chi connectivity index (χ1v) is 9.20. The fourth-order valence-corrected chi connectivity index (χ4v) is 3.86. The van der Waals surface area contributed by atoms with Gasteiger partial charge in [0.1, 0.15) is 0 Å². The Morgan fingerprint density at radius 1 is 1.10 bits per heavy atom. The molecule has 0 amide bonds. The molecule has 0 atom stereocenters. The van der Waals surface area contributed by atoms with Gasteiger partial charge in [0, 0.05) is 18.6 Å². The van der Waals surface area contributed by atoms with Crippen molar-refractivity contribution in [3.8, 4) is 0 Å². The molecule has 0 bridgehead atoms. The quantitative estimate of drug-likeness (QED) is 0.713. The summed E-state index contributed by atoms with van der Waals surface area (Å²) < 4.78 is 26.6. The van der Waals surface area contributed by atoms with Crippen molar-refractivity contribution in [2.75, 3.05) is 12.3 Å². The van der Waals surface area contributed by atoms with E-state index in [1.807, 2.05) is 44.2 Å². The van der Waals surface area contributed by atoms with Crippen LogP contribution >= 0.6 is 0 Å². The highest BCUT2D eigenvalue weighted by Gasteiger charge is 2.24. The van der Waals surface area contributed by atoms with Crippen molar-refractivity contribution in [3.05, 3.63) is 35.9 Å². The number of nitrogens with one attached hydrogen (secondary N) is 1. The first-order valence-electron chi connectivity index (χ1n) is 7.59. The Labute approximate surface area is 129 Å². The maximum atomic E-state index is 12.5. The molecule has 4 nitrogen and oxygen atoms in total. The normalized spacial score (nSPS) is 12.5. The van der Waals surface area contributed by atoms with Crippen molar-refractivity contribution in [3.63, 3.8) is 0 Å². The summed E-state index contributed by atoms with van der Waals surface area (Å²) in [5.41, 5.74) is 1.02. The highest BCUT2D eigenvalue weighted by atomic mass is 32.2. The van der Waals surface area contributed by atoms with Crippen LogP contribution in [0.2, 0.25) is 0 Å². The molecule has 1 N–H and O–H groups in total. The molecule has 0 aliphatic rings. The van der Waals surface area contributed by atoms with Crippen LogP contribution in [0.3, 0.4) is 0 Å². The smallest absolute Gasteiger partial charge is 0.214 e. The maximum Gasteiger partial charge on any atom is 0.214 e. The van der Waals surface area contributed by atoms with Gasteiger partial charge in [0.2, 0.25) is 10.0 Å². The average molecular weight is 312 g/mol. The number of rotatable bonds is 9. The summed E-state index contributed by atoms with van der Waals surface area (Å²) in [6.45, 7) is 9.14. The van der Waals surface area contributed by atoms with Crippen LogP contribution in [-0.2, 0) is 16.6 Å². The van der Waals surface area contributed by atoms with Gasteiger partial charge in [-0.2, -0.15) is 4.31 Å². The van der Waals surface area contributed by atoms with E-state index in [9.17, 15) is 8.42 Å². The number of nitrogens with zero attached hydrogens (tertiary/aromatic N) is 1. The molecule has 5 heteroatoms. The fraction of sp³-hybridized carbons (Fsp3) is 0.625. The Hall–Kier alpha value is -0.910. The number of sulfonamides is 1. The van der Waals surface area contributed by atoms with Gasteiger partial charge in [0.15, 0.2) is 0 Å². The van der Waals surface area contributed by atoms with E-state index in [2.05, 4.69) is 19.2 Å². The molecule has 1 aromatic rings. The molecule has 0 fully saturated rings. The summed E-state index contributed by atoms with van der Waals surface area (Å²) in [4.78, 5) is 0. The summed E-state index contributed by atoms with van der Waals surface area (Å²) >= 11 is 0. The molecular formula is C16H28N2O2S. The molecule has 0 aliphatic heterocycles. The minimum atomic E-state index is -3.22. The highest BCUT2D eigenvalue weighted by molar-refractivity contribution is 7.89. The molecule has 0 aromatic heterocycles. The first kappa shape index (κ1) is 18.1. The highest BCUT2D eigenvalue weighted by Crippen LogP contribution is 2.14. The second-order valence-electron chi connectivity index (χ2n) is 5.90. The molecule has 0 aliphatic carbocycles. The van der Waals surface area contributed by atoms with Gasteiger partial charge in [-0.15, -0.1) is 0 Å². The fourth-order valence-electron chi connectivity index (χ4n) is 2.13. The Bertz CT molecular complexity index is 498. The Morgan fingerprint density at radius 2 is 1.71 bits per heavy atom. The maximum absolute atomic E-state index is 12.5. The van der Waals surface area contributed by atoms with Crippen molar-refractivity contribution in [1.82, 2.24) is 9.62 Å². The van der Waals surface area contributed by atoms with E-state index in [0.717, 1.165) is 12.1 Å². The minimum Gasteiger partial charge on any atom is -0.314 e. The SMILES string of the molecule is CC(C)NCCCS(=O)(=O)N(Cc1ccccc1)C(C)C. The van der Waals surface area contributed by atoms with Gasteiger partial charge in [-0.25, -0.2) is 8.42 Å². The lowest BCUT2D eigenvalue weighted by Crippen LogP contribution is -2.38. The lowest BCUT2D eigenvalue weighted by molar-refractivity contribution is 0.347. The largest absolute Gasteiger partial charge is 0.314 e. The predicted molar refractivity (Wildman–Crippen MR) is 88.7 cm³/mol. The third-order valence-electron chi connectivity index (χ3n) is 3.25. The minimum absolute atomic E-state index is 0.0340. The van der Waals surface area contributed by atoms with Crippen LogP contribution in [0.4, 0.5) is 0 Å². The second-order valence-corrected chi connectivity index (χ2v) is 7.94. The third kappa shape index (κ3) is 6.59. The average Bonchev–Trinajstić information content (AvgIpc) is 2.41. The standard InChI is InChI=1S/C16H28N2O2S/c1-14(2)17-11-8-12-21(19,20)18(15(3)4)13-16-9-6-5-7-10-16/h5-7,9-10,14-15,17H,8,11-13H2,1-4H3. The molecular weight excluding hydrogens is 284 g/mol. The van der Waals surface area contributed by atoms with Gasteiger partial charge in [0.25, 0.3) is 0 Å². The Kier molecular flexibility index (Phi) is 7.35.